The molecule has 25 heavy (non-hydrogen) atoms. The van der Waals surface area contributed by atoms with Gasteiger partial charge in [-0.05, 0) is 44.9 Å². The summed E-state index contributed by atoms with van der Waals surface area (Å²) in [5.74, 6) is 1.65. The summed E-state index contributed by atoms with van der Waals surface area (Å²) in [7, 11) is -2.83. The lowest BCUT2D eigenvalue weighted by molar-refractivity contribution is 0.0165. The summed E-state index contributed by atoms with van der Waals surface area (Å²) in [5.41, 5.74) is 0. The largest absolute Gasteiger partial charge is 0.378 e. The lowest BCUT2D eigenvalue weighted by Crippen LogP contribution is -2.49. The Balaban J connectivity index is 0.00000225. The zero-order valence-electron chi connectivity index (χ0n) is 15.1. The highest BCUT2D eigenvalue weighted by Gasteiger charge is 2.28. The van der Waals surface area contributed by atoms with Crippen molar-refractivity contribution in [2.75, 3.05) is 24.7 Å². The van der Waals surface area contributed by atoms with Crippen molar-refractivity contribution in [1.82, 2.24) is 10.6 Å². The van der Waals surface area contributed by atoms with Crippen LogP contribution in [0.4, 0.5) is 0 Å². The minimum atomic E-state index is -2.83. The monoisotopic (exact) mass is 485 g/mol. The summed E-state index contributed by atoms with van der Waals surface area (Å²) in [4.78, 5) is 4.74. The molecule has 3 fully saturated rings. The Morgan fingerprint density at radius 3 is 2.48 bits per heavy atom. The van der Waals surface area contributed by atoms with Crippen molar-refractivity contribution in [2.24, 2.45) is 10.9 Å². The highest BCUT2D eigenvalue weighted by Crippen LogP contribution is 2.20. The molecule has 0 amide bonds. The fourth-order valence-corrected chi connectivity index (χ4v) is 5.80. The van der Waals surface area contributed by atoms with Crippen LogP contribution in [-0.2, 0) is 14.6 Å². The zero-order chi connectivity index (χ0) is 17.0. The summed E-state index contributed by atoms with van der Waals surface area (Å²) in [6.07, 6.45) is 7.96. The van der Waals surface area contributed by atoms with Crippen LogP contribution in [0.3, 0.4) is 0 Å². The fourth-order valence-electron chi connectivity index (χ4n) is 3.96. The topological polar surface area (TPSA) is 79.8 Å². The zero-order valence-corrected chi connectivity index (χ0v) is 18.2. The van der Waals surface area contributed by atoms with E-state index in [0.29, 0.717) is 30.1 Å². The van der Waals surface area contributed by atoms with Gasteiger partial charge in [-0.3, -0.25) is 4.99 Å². The van der Waals surface area contributed by atoms with Crippen LogP contribution in [0.15, 0.2) is 4.99 Å². The Labute approximate surface area is 168 Å². The van der Waals surface area contributed by atoms with Crippen LogP contribution < -0.4 is 10.6 Å². The maximum atomic E-state index is 11.6. The molecule has 2 heterocycles. The number of rotatable bonds is 4. The second-order valence-corrected chi connectivity index (χ2v) is 9.86. The molecule has 146 valence electrons. The van der Waals surface area contributed by atoms with Crippen LogP contribution >= 0.6 is 24.0 Å². The summed E-state index contributed by atoms with van der Waals surface area (Å²) in [6.45, 7) is 3.49. The molecule has 0 bridgehead atoms. The number of nitrogens with zero attached hydrogens (tertiary/aromatic N) is 1. The summed E-state index contributed by atoms with van der Waals surface area (Å²) >= 11 is 0. The SMILES string of the molecule is CC1CC(NC(=NCC2CCS(=O)(=O)C2)NC2CCCC2)CCO1.I. The predicted octanol–water partition coefficient (Wildman–Crippen LogP) is 2.08. The number of hydrogen-bond acceptors (Lipinski definition) is 4. The van der Waals surface area contributed by atoms with Gasteiger partial charge in [0.25, 0.3) is 0 Å². The summed E-state index contributed by atoms with van der Waals surface area (Å²) in [6, 6.07) is 0.884. The first-order valence-corrected chi connectivity index (χ1v) is 11.2. The molecule has 6 nitrogen and oxygen atoms in total. The minimum absolute atomic E-state index is 0. The lowest BCUT2D eigenvalue weighted by Gasteiger charge is -2.30. The molecule has 3 rings (SSSR count). The minimum Gasteiger partial charge on any atom is -0.378 e. The van der Waals surface area contributed by atoms with Crippen molar-refractivity contribution in [2.45, 2.75) is 70.1 Å². The van der Waals surface area contributed by atoms with Gasteiger partial charge in [-0.2, -0.15) is 0 Å². The third-order valence-electron chi connectivity index (χ3n) is 5.36. The average Bonchev–Trinajstić information content (AvgIpc) is 3.14. The quantitative estimate of drug-likeness (QED) is 0.362. The number of ether oxygens (including phenoxy) is 1. The Kier molecular flexibility index (Phi) is 8.26. The van der Waals surface area contributed by atoms with Gasteiger partial charge in [0.2, 0.25) is 0 Å². The van der Waals surface area contributed by atoms with E-state index in [-0.39, 0.29) is 36.0 Å². The molecule has 0 spiro atoms. The summed E-state index contributed by atoms with van der Waals surface area (Å²) in [5, 5.41) is 7.14. The van der Waals surface area contributed by atoms with Gasteiger partial charge in [0.15, 0.2) is 15.8 Å². The van der Waals surface area contributed by atoms with Crippen LogP contribution in [-0.4, -0.2) is 57.2 Å². The number of hydrogen-bond donors (Lipinski definition) is 2. The molecular formula is C17H32IN3O3S. The molecule has 0 aromatic carbocycles. The number of guanidine groups is 1. The van der Waals surface area contributed by atoms with E-state index in [1.165, 1.54) is 25.7 Å². The summed E-state index contributed by atoms with van der Waals surface area (Å²) < 4.78 is 28.9. The number of halogens is 1. The second-order valence-electron chi connectivity index (χ2n) is 7.63. The third kappa shape index (κ3) is 6.86. The average molecular weight is 485 g/mol. The molecule has 8 heteroatoms. The number of nitrogens with one attached hydrogen (secondary N) is 2. The standard InChI is InChI=1S/C17H31N3O3S.HI/c1-13-10-16(6-8-23-13)20-17(19-15-4-2-3-5-15)18-11-14-7-9-24(21,22)12-14;/h13-16H,2-12H2,1H3,(H2,18,19,20);1H. The van der Waals surface area contributed by atoms with Crippen molar-refractivity contribution in [3.8, 4) is 0 Å². The Morgan fingerprint density at radius 1 is 1.12 bits per heavy atom. The van der Waals surface area contributed by atoms with Gasteiger partial charge in [0, 0.05) is 25.2 Å². The Morgan fingerprint density at radius 2 is 1.84 bits per heavy atom. The fraction of sp³-hybridized carbons (Fsp3) is 0.941. The number of sulfone groups is 1. The van der Waals surface area contributed by atoms with E-state index in [9.17, 15) is 8.42 Å². The van der Waals surface area contributed by atoms with E-state index >= 15 is 0 Å². The Bertz CT molecular complexity index is 549. The second kappa shape index (κ2) is 9.73. The van der Waals surface area contributed by atoms with Crippen LogP contribution in [0.5, 0.6) is 0 Å². The maximum Gasteiger partial charge on any atom is 0.191 e. The van der Waals surface area contributed by atoms with Crippen LogP contribution in [0.1, 0.15) is 51.9 Å². The van der Waals surface area contributed by atoms with Gasteiger partial charge in [0.05, 0.1) is 17.6 Å². The molecule has 2 N–H and O–H groups in total. The molecule has 3 atom stereocenters. The van der Waals surface area contributed by atoms with E-state index in [1.54, 1.807) is 0 Å². The van der Waals surface area contributed by atoms with Gasteiger partial charge >= 0.3 is 0 Å². The van der Waals surface area contributed by atoms with Gasteiger partial charge in [-0.15, -0.1) is 24.0 Å². The first-order chi connectivity index (χ1) is 11.5. The number of aliphatic imine (C=N–C) groups is 1. The molecule has 3 aliphatic rings. The van der Waals surface area contributed by atoms with Gasteiger partial charge < -0.3 is 15.4 Å². The van der Waals surface area contributed by atoms with Crippen molar-refractivity contribution >= 4 is 39.8 Å². The van der Waals surface area contributed by atoms with Crippen LogP contribution in [0.25, 0.3) is 0 Å². The first kappa shape index (κ1) is 21.2. The van der Waals surface area contributed by atoms with Gasteiger partial charge in [-0.25, -0.2) is 8.42 Å². The van der Waals surface area contributed by atoms with Crippen LogP contribution in [0.2, 0.25) is 0 Å². The molecular weight excluding hydrogens is 453 g/mol. The Hall–Kier alpha value is -0.0900. The van der Waals surface area contributed by atoms with E-state index in [1.807, 2.05) is 0 Å². The smallest absolute Gasteiger partial charge is 0.191 e. The molecule has 3 unspecified atom stereocenters. The van der Waals surface area contributed by atoms with Crippen LogP contribution in [0, 0.1) is 5.92 Å². The molecule has 0 aromatic heterocycles. The van der Waals surface area contributed by atoms with Crippen molar-refractivity contribution in [3.05, 3.63) is 0 Å². The normalized spacial score (nSPS) is 33.0. The van der Waals surface area contributed by atoms with Crippen molar-refractivity contribution < 1.29 is 13.2 Å². The van der Waals surface area contributed by atoms with E-state index in [4.69, 9.17) is 9.73 Å². The van der Waals surface area contributed by atoms with Gasteiger partial charge in [-0.1, -0.05) is 12.8 Å². The molecule has 1 aliphatic carbocycles. The first-order valence-electron chi connectivity index (χ1n) is 9.40. The van der Waals surface area contributed by atoms with Crippen molar-refractivity contribution in [1.29, 1.82) is 0 Å². The molecule has 0 radical (unpaired) electrons. The lowest BCUT2D eigenvalue weighted by atomic mass is 10.0. The molecule has 1 saturated carbocycles. The van der Waals surface area contributed by atoms with Crippen molar-refractivity contribution in [3.63, 3.8) is 0 Å². The van der Waals surface area contributed by atoms with E-state index in [0.717, 1.165) is 31.8 Å². The third-order valence-corrected chi connectivity index (χ3v) is 7.19. The maximum absolute atomic E-state index is 11.6. The predicted molar refractivity (Wildman–Crippen MR) is 111 cm³/mol. The van der Waals surface area contributed by atoms with E-state index in [2.05, 4.69) is 17.6 Å². The molecule has 2 saturated heterocycles. The molecule has 2 aliphatic heterocycles. The highest BCUT2D eigenvalue weighted by molar-refractivity contribution is 14.0. The molecule has 0 aromatic rings. The van der Waals surface area contributed by atoms with Gasteiger partial charge in [0.1, 0.15) is 0 Å². The highest BCUT2D eigenvalue weighted by atomic mass is 127. The van der Waals surface area contributed by atoms with E-state index < -0.39 is 9.84 Å².